The van der Waals surface area contributed by atoms with E-state index in [9.17, 15) is 9.59 Å². The Balaban J connectivity index is 1.14. The number of Topliss-reactive ketones (excluding diaryl/α,β-unsaturated/α-hetero) is 1. The third-order valence-corrected chi connectivity index (χ3v) is 8.54. The van der Waals surface area contributed by atoms with Crippen molar-refractivity contribution in [3.8, 4) is 5.75 Å². The van der Waals surface area contributed by atoms with Gasteiger partial charge in [0, 0.05) is 32.0 Å². The van der Waals surface area contributed by atoms with E-state index in [2.05, 4.69) is 4.90 Å². The van der Waals surface area contributed by atoms with E-state index in [0.29, 0.717) is 18.2 Å². The van der Waals surface area contributed by atoms with Crippen molar-refractivity contribution in [2.45, 2.75) is 39.0 Å². The van der Waals surface area contributed by atoms with Crippen molar-refractivity contribution in [3.05, 3.63) is 79.9 Å². The Labute approximate surface area is 213 Å². The van der Waals surface area contributed by atoms with Crippen LogP contribution >= 0.6 is 22.7 Å². The molecule has 0 amide bonds. The third kappa shape index (κ3) is 5.53. The van der Waals surface area contributed by atoms with E-state index in [-0.39, 0.29) is 18.2 Å². The normalized spacial score (nSPS) is 14.9. The highest BCUT2D eigenvalue weighted by molar-refractivity contribution is 7.12. The number of rotatable bonds is 7. The molecular formula is C28H28N2O3S2. The van der Waals surface area contributed by atoms with E-state index >= 15 is 0 Å². The van der Waals surface area contributed by atoms with Crippen LogP contribution in [0.25, 0.3) is 10.8 Å². The molecule has 0 aliphatic carbocycles. The summed E-state index contributed by atoms with van der Waals surface area (Å²) in [5.41, 5.74) is 1.63. The summed E-state index contributed by atoms with van der Waals surface area (Å²) >= 11 is 3.31. The number of carbonyl (C=O) groups excluding carboxylic acids is 2. The van der Waals surface area contributed by atoms with Crippen LogP contribution in [0, 0.1) is 13.8 Å². The van der Waals surface area contributed by atoms with Crippen molar-refractivity contribution in [2.75, 3.05) is 19.6 Å². The molecule has 7 heteroatoms. The second-order valence-electron chi connectivity index (χ2n) is 9.11. The van der Waals surface area contributed by atoms with Crippen LogP contribution in [0.15, 0.2) is 53.9 Å². The van der Waals surface area contributed by atoms with Gasteiger partial charge in [0.15, 0.2) is 5.78 Å². The zero-order chi connectivity index (χ0) is 24.4. The molecule has 0 bridgehead atoms. The minimum Gasteiger partial charge on any atom is -0.426 e. The van der Waals surface area contributed by atoms with E-state index < -0.39 is 0 Å². The number of likely N-dealkylation sites (tertiary alicyclic amines) is 1. The Morgan fingerprint density at radius 1 is 1.09 bits per heavy atom. The highest BCUT2D eigenvalue weighted by atomic mass is 32.1. The number of thiazole rings is 1. The number of piperidine rings is 1. The molecule has 2 aromatic carbocycles. The van der Waals surface area contributed by atoms with Gasteiger partial charge in [-0.05, 0) is 57.3 Å². The summed E-state index contributed by atoms with van der Waals surface area (Å²) < 4.78 is 5.67. The number of nitrogens with zero attached hydrogens (tertiary/aromatic N) is 2. The lowest BCUT2D eigenvalue weighted by molar-refractivity contribution is -0.133. The molecule has 35 heavy (non-hydrogen) atoms. The van der Waals surface area contributed by atoms with Gasteiger partial charge in [-0.15, -0.1) is 22.7 Å². The molecule has 1 aliphatic rings. The number of ketones is 1. The predicted octanol–water partition coefficient (Wildman–Crippen LogP) is 6.19. The lowest BCUT2D eigenvalue weighted by Gasteiger charge is -2.30. The first-order valence-corrected chi connectivity index (χ1v) is 13.6. The molecule has 0 unspecified atom stereocenters. The van der Waals surface area contributed by atoms with Crippen LogP contribution in [0.1, 0.15) is 49.6 Å². The zero-order valence-electron chi connectivity index (χ0n) is 20.0. The van der Waals surface area contributed by atoms with Crippen molar-refractivity contribution in [3.63, 3.8) is 0 Å². The average Bonchev–Trinajstić information content (AvgIpc) is 3.45. The molecule has 180 valence electrons. The number of aryl methyl sites for hydroxylation is 2. The van der Waals surface area contributed by atoms with Gasteiger partial charge >= 0.3 is 5.97 Å². The molecule has 0 spiro atoms. The Morgan fingerprint density at radius 3 is 2.63 bits per heavy atom. The Hall–Kier alpha value is -2.87. The van der Waals surface area contributed by atoms with Gasteiger partial charge in [-0.3, -0.25) is 14.5 Å². The molecule has 1 saturated heterocycles. The van der Waals surface area contributed by atoms with Gasteiger partial charge in [-0.1, -0.05) is 36.4 Å². The number of carbonyl (C=O) groups is 2. The van der Waals surface area contributed by atoms with Crippen molar-refractivity contribution < 1.29 is 14.3 Å². The molecule has 0 atom stereocenters. The standard InChI is InChI=1S/C28H28N2O3S2/c1-18-14-24(19(2)35-18)25(31)16-30-12-10-21(11-13-30)28-29-22(17-34-28)15-27(32)33-26-9-5-7-20-6-3-4-8-23(20)26/h3-9,14,17,21H,10-13,15-16H2,1-2H3. The first kappa shape index (κ1) is 23.9. The topological polar surface area (TPSA) is 59.5 Å². The highest BCUT2D eigenvalue weighted by Gasteiger charge is 2.25. The maximum Gasteiger partial charge on any atom is 0.317 e. The van der Waals surface area contributed by atoms with Gasteiger partial charge in [0.2, 0.25) is 0 Å². The molecule has 1 aliphatic heterocycles. The van der Waals surface area contributed by atoms with Crippen LogP contribution in [0.4, 0.5) is 0 Å². The molecule has 5 rings (SSSR count). The monoisotopic (exact) mass is 504 g/mol. The number of esters is 1. The van der Waals surface area contributed by atoms with Gasteiger partial charge in [0.05, 0.1) is 23.7 Å². The van der Waals surface area contributed by atoms with E-state index in [1.165, 1.54) is 4.88 Å². The molecule has 0 N–H and O–H groups in total. The largest absolute Gasteiger partial charge is 0.426 e. The molecule has 0 saturated carbocycles. The van der Waals surface area contributed by atoms with Gasteiger partial charge in [0.25, 0.3) is 0 Å². The van der Waals surface area contributed by atoms with Crippen molar-refractivity contribution >= 4 is 45.2 Å². The Bertz CT molecular complexity index is 1360. The minimum absolute atomic E-state index is 0.159. The van der Waals surface area contributed by atoms with Crippen LogP contribution in [-0.4, -0.2) is 41.3 Å². The second kappa shape index (κ2) is 10.4. The second-order valence-corrected chi connectivity index (χ2v) is 11.5. The van der Waals surface area contributed by atoms with Crippen LogP contribution < -0.4 is 4.74 Å². The third-order valence-electron chi connectivity index (χ3n) is 6.51. The molecule has 3 heterocycles. The highest BCUT2D eigenvalue weighted by Crippen LogP contribution is 2.31. The van der Waals surface area contributed by atoms with E-state index in [4.69, 9.17) is 9.72 Å². The number of hydrogen-bond acceptors (Lipinski definition) is 7. The lowest BCUT2D eigenvalue weighted by atomic mass is 9.97. The molecule has 2 aromatic heterocycles. The van der Waals surface area contributed by atoms with E-state index in [1.54, 1.807) is 22.7 Å². The minimum atomic E-state index is -0.300. The number of fused-ring (bicyclic) bond motifs is 1. The van der Waals surface area contributed by atoms with Crippen molar-refractivity contribution in [1.82, 2.24) is 9.88 Å². The van der Waals surface area contributed by atoms with Crippen molar-refractivity contribution in [2.24, 2.45) is 0 Å². The zero-order valence-corrected chi connectivity index (χ0v) is 21.6. The van der Waals surface area contributed by atoms with Gasteiger partial charge in [-0.2, -0.15) is 0 Å². The van der Waals surface area contributed by atoms with Gasteiger partial charge < -0.3 is 4.74 Å². The predicted molar refractivity (Wildman–Crippen MR) is 142 cm³/mol. The van der Waals surface area contributed by atoms with Gasteiger partial charge in [0.1, 0.15) is 5.75 Å². The average molecular weight is 505 g/mol. The van der Waals surface area contributed by atoms with E-state index in [0.717, 1.165) is 57.8 Å². The van der Waals surface area contributed by atoms with E-state index in [1.807, 2.05) is 67.8 Å². The van der Waals surface area contributed by atoms with Crippen molar-refractivity contribution in [1.29, 1.82) is 0 Å². The summed E-state index contributed by atoms with van der Waals surface area (Å²) in [6.07, 6.45) is 2.11. The molecular weight excluding hydrogens is 476 g/mol. The number of thiophene rings is 1. The molecule has 5 nitrogen and oxygen atoms in total. The molecule has 4 aromatic rings. The number of aromatic nitrogens is 1. The van der Waals surface area contributed by atoms with Gasteiger partial charge in [-0.25, -0.2) is 4.98 Å². The SMILES string of the molecule is Cc1cc(C(=O)CN2CCC(c3nc(CC(=O)Oc4cccc5ccccc45)cs3)CC2)c(C)s1. The summed E-state index contributed by atoms with van der Waals surface area (Å²) in [5.74, 6) is 0.870. The fourth-order valence-corrected chi connectivity index (χ4v) is 6.65. The molecule has 1 fully saturated rings. The number of ether oxygens (including phenoxy) is 1. The van der Waals surface area contributed by atoms with Crippen LogP contribution in [0.5, 0.6) is 5.75 Å². The van der Waals surface area contributed by atoms with Crippen LogP contribution in [-0.2, 0) is 11.2 Å². The Morgan fingerprint density at radius 2 is 1.86 bits per heavy atom. The number of hydrogen-bond donors (Lipinski definition) is 0. The molecule has 0 radical (unpaired) electrons. The van der Waals surface area contributed by atoms with Crippen LogP contribution in [0.3, 0.4) is 0 Å². The number of benzene rings is 2. The van der Waals surface area contributed by atoms with Crippen LogP contribution in [0.2, 0.25) is 0 Å². The summed E-state index contributed by atoms with van der Waals surface area (Å²) in [7, 11) is 0. The Kier molecular flexibility index (Phi) is 7.09. The first-order chi connectivity index (χ1) is 17.0. The maximum absolute atomic E-state index is 12.7. The summed E-state index contributed by atoms with van der Waals surface area (Å²) in [5, 5.41) is 5.02. The smallest absolute Gasteiger partial charge is 0.317 e. The summed E-state index contributed by atoms with van der Waals surface area (Å²) in [6, 6.07) is 15.6. The summed E-state index contributed by atoms with van der Waals surface area (Å²) in [6.45, 7) is 6.32. The summed E-state index contributed by atoms with van der Waals surface area (Å²) in [4.78, 5) is 34.6. The fraction of sp³-hybridized carbons (Fsp3) is 0.321. The lowest BCUT2D eigenvalue weighted by Crippen LogP contribution is -2.36. The quantitative estimate of drug-likeness (QED) is 0.171. The maximum atomic E-state index is 12.7. The fourth-order valence-electron chi connectivity index (χ4n) is 4.72. The first-order valence-electron chi connectivity index (χ1n) is 11.9.